The topological polar surface area (TPSA) is 48.1 Å². The SMILES string of the molecule is CCOc1cncc(C(N)CCC2CCCCC2)c1. The molecule has 0 saturated heterocycles. The number of rotatable bonds is 6. The maximum atomic E-state index is 6.28. The monoisotopic (exact) mass is 262 g/mol. The average Bonchev–Trinajstić information content (AvgIpc) is 2.46. The molecule has 1 atom stereocenters. The summed E-state index contributed by atoms with van der Waals surface area (Å²) in [5.74, 6) is 1.72. The van der Waals surface area contributed by atoms with Gasteiger partial charge in [-0.05, 0) is 37.3 Å². The number of hydrogen-bond acceptors (Lipinski definition) is 3. The molecule has 1 saturated carbocycles. The van der Waals surface area contributed by atoms with E-state index in [9.17, 15) is 0 Å². The zero-order valence-electron chi connectivity index (χ0n) is 12.0. The Kier molecular flexibility index (Phi) is 5.64. The van der Waals surface area contributed by atoms with Crippen molar-refractivity contribution in [3.05, 3.63) is 24.0 Å². The maximum absolute atomic E-state index is 6.28. The van der Waals surface area contributed by atoms with Gasteiger partial charge in [-0.25, -0.2) is 0 Å². The lowest BCUT2D eigenvalue weighted by Gasteiger charge is -2.23. The molecule has 0 spiro atoms. The number of pyridine rings is 1. The number of ether oxygens (including phenoxy) is 1. The van der Waals surface area contributed by atoms with E-state index in [1.165, 1.54) is 38.5 Å². The summed E-state index contributed by atoms with van der Waals surface area (Å²) in [6.07, 6.45) is 12.9. The van der Waals surface area contributed by atoms with Gasteiger partial charge in [0, 0.05) is 12.2 Å². The standard InChI is InChI=1S/C16H26N2O/c1-2-19-15-10-14(11-18-12-15)16(17)9-8-13-6-4-3-5-7-13/h10-13,16H,2-9,17H2,1H3. The van der Waals surface area contributed by atoms with Crippen molar-refractivity contribution in [3.8, 4) is 5.75 Å². The van der Waals surface area contributed by atoms with Gasteiger partial charge < -0.3 is 10.5 Å². The average molecular weight is 262 g/mol. The van der Waals surface area contributed by atoms with E-state index in [2.05, 4.69) is 4.98 Å². The molecule has 0 bridgehead atoms. The Hall–Kier alpha value is -1.09. The van der Waals surface area contributed by atoms with Crippen LogP contribution in [0.2, 0.25) is 0 Å². The van der Waals surface area contributed by atoms with Crippen LogP contribution < -0.4 is 10.5 Å². The Balaban J connectivity index is 1.84. The number of nitrogens with zero attached hydrogens (tertiary/aromatic N) is 1. The number of nitrogens with two attached hydrogens (primary N) is 1. The predicted molar refractivity (Wildman–Crippen MR) is 78.1 cm³/mol. The Labute approximate surface area is 116 Å². The summed E-state index contributed by atoms with van der Waals surface area (Å²) in [5.41, 5.74) is 7.38. The van der Waals surface area contributed by atoms with E-state index in [1.807, 2.05) is 19.2 Å². The highest BCUT2D eigenvalue weighted by Crippen LogP contribution is 2.30. The zero-order valence-corrected chi connectivity index (χ0v) is 12.0. The van der Waals surface area contributed by atoms with Gasteiger partial charge in [0.1, 0.15) is 5.75 Å². The minimum Gasteiger partial charge on any atom is -0.492 e. The van der Waals surface area contributed by atoms with Gasteiger partial charge in [0.15, 0.2) is 0 Å². The van der Waals surface area contributed by atoms with Crippen molar-refractivity contribution in [1.82, 2.24) is 4.98 Å². The third kappa shape index (κ3) is 4.50. The lowest BCUT2D eigenvalue weighted by atomic mass is 9.85. The molecular weight excluding hydrogens is 236 g/mol. The molecular formula is C16H26N2O. The first-order valence-electron chi connectivity index (χ1n) is 7.63. The van der Waals surface area contributed by atoms with Crippen molar-refractivity contribution >= 4 is 0 Å². The van der Waals surface area contributed by atoms with Crippen molar-refractivity contribution in [2.75, 3.05) is 6.61 Å². The third-order valence-electron chi connectivity index (χ3n) is 4.08. The quantitative estimate of drug-likeness (QED) is 0.847. The van der Waals surface area contributed by atoms with Gasteiger partial charge in [-0.15, -0.1) is 0 Å². The Morgan fingerprint density at radius 2 is 2.11 bits per heavy atom. The maximum Gasteiger partial charge on any atom is 0.137 e. The molecule has 3 heteroatoms. The third-order valence-corrected chi connectivity index (χ3v) is 4.08. The largest absolute Gasteiger partial charge is 0.492 e. The number of aromatic nitrogens is 1. The summed E-state index contributed by atoms with van der Waals surface area (Å²) in [6.45, 7) is 2.65. The van der Waals surface area contributed by atoms with Crippen LogP contribution in [0.3, 0.4) is 0 Å². The normalized spacial score (nSPS) is 18.2. The van der Waals surface area contributed by atoms with Gasteiger partial charge in [-0.2, -0.15) is 0 Å². The smallest absolute Gasteiger partial charge is 0.137 e. The molecule has 1 aromatic rings. The Morgan fingerprint density at radius 1 is 1.32 bits per heavy atom. The molecule has 3 nitrogen and oxygen atoms in total. The van der Waals surface area contributed by atoms with Gasteiger partial charge in [0.25, 0.3) is 0 Å². The summed E-state index contributed by atoms with van der Waals surface area (Å²) in [4.78, 5) is 4.21. The van der Waals surface area contributed by atoms with Crippen LogP contribution in [0.15, 0.2) is 18.5 Å². The first kappa shape index (κ1) is 14.3. The van der Waals surface area contributed by atoms with E-state index in [4.69, 9.17) is 10.5 Å². The minimum absolute atomic E-state index is 0.0924. The van der Waals surface area contributed by atoms with Crippen molar-refractivity contribution in [2.45, 2.75) is 57.9 Å². The van der Waals surface area contributed by atoms with E-state index in [0.29, 0.717) is 6.61 Å². The van der Waals surface area contributed by atoms with Crippen LogP contribution in [-0.4, -0.2) is 11.6 Å². The Morgan fingerprint density at radius 3 is 2.84 bits per heavy atom. The molecule has 0 amide bonds. The van der Waals surface area contributed by atoms with Crippen molar-refractivity contribution in [1.29, 1.82) is 0 Å². The van der Waals surface area contributed by atoms with Gasteiger partial charge in [-0.3, -0.25) is 4.98 Å². The molecule has 0 aliphatic heterocycles. The molecule has 1 heterocycles. The van der Waals surface area contributed by atoms with Crippen LogP contribution >= 0.6 is 0 Å². The van der Waals surface area contributed by atoms with Gasteiger partial charge in [0.2, 0.25) is 0 Å². The highest BCUT2D eigenvalue weighted by Gasteiger charge is 2.15. The van der Waals surface area contributed by atoms with Crippen LogP contribution in [0.4, 0.5) is 0 Å². The summed E-state index contributed by atoms with van der Waals surface area (Å²) in [6, 6.07) is 2.12. The Bertz CT molecular complexity index is 375. The van der Waals surface area contributed by atoms with Crippen molar-refractivity contribution in [3.63, 3.8) is 0 Å². The van der Waals surface area contributed by atoms with Crippen LogP contribution in [-0.2, 0) is 0 Å². The van der Waals surface area contributed by atoms with Gasteiger partial charge in [-0.1, -0.05) is 32.1 Å². The summed E-state index contributed by atoms with van der Waals surface area (Å²) >= 11 is 0. The van der Waals surface area contributed by atoms with Gasteiger partial charge >= 0.3 is 0 Å². The molecule has 0 aromatic carbocycles. The summed E-state index contributed by atoms with van der Waals surface area (Å²) in [7, 11) is 0. The zero-order chi connectivity index (χ0) is 13.5. The molecule has 1 aliphatic rings. The lowest BCUT2D eigenvalue weighted by Crippen LogP contribution is -2.14. The highest BCUT2D eigenvalue weighted by atomic mass is 16.5. The van der Waals surface area contributed by atoms with Crippen molar-refractivity contribution < 1.29 is 4.74 Å². The van der Waals surface area contributed by atoms with Crippen LogP contribution in [0.1, 0.15) is 63.5 Å². The lowest BCUT2D eigenvalue weighted by molar-refractivity contribution is 0.322. The van der Waals surface area contributed by atoms with E-state index in [0.717, 1.165) is 23.7 Å². The molecule has 1 unspecified atom stereocenters. The molecule has 2 rings (SSSR count). The predicted octanol–water partition coefficient (Wildman–Crippen LogP) is 3.84. The summed E-state index contributed by atoms with van der Waals surface area (Å²) in [5, 5.41) is 0. The number of hydrogen-bond donors (Lipinski definition) is 1. The fraction of sp³-hybridized carbons (Fsp3) is 0.688. The molecule has 2 N–H and O–H groups in total. The van der Waals surface area contributed by atoms with Crippen LogP contribution in [0.25, 0.3) is 0 Å². The van der Waals surface area contributed by atoms with Crippen LogP contribution in [0.5, 0.6) is 5.75 Å². The van der Waals surface area contributed by atoms with Crippen molar-refractivity contribution in [2.24, 2.45) is 11.7 Å². The first-order chi connectivity index (χ1) is 9.29. The first-order valence-corrected chi connectivity index (χ1v) is 7.63. The van der Waals surface area contributed by atoms with Gasteiger partial charge in [0.05, 0.1) is 12.8 Å². The van der Waals surface area contributed by atoms with E-state index in [-0.39, 0.29) is 6.04 Å². The molecule has 1 aliphatic carbocycles. The molecule has 19 heavy (non-hydrogen) atoms. The fourth-order valence-corrected chi connectivity index (χ4v) is 2.94. The van der Waals surface area contributed by atoms with E-state index < -0.39 is 0 Å². The molecule has 106 valence electrons. The van der Waals surface area contributed by atoms with Crippen LogP contribution in [0, 0.1) is 5.92 Å². The minimum atomic E-state index is 0.0924. The molecule has 1 aromatic heterocycles. The molecule has 1 fully saturated rings. The second-order valence-electron chi connectivity index (χ2n) is 5.57. The molecule has 0 radical (unpaired) electrons. The van der Waals surface area contributed by atoms with E-state index >= 15 is 0 Å². The second-order valence-corrected chi connectivity index (χ2v) is 5.57. The second kappa shape index (κ2) is 7.49. The fourth-order valence-electron chi connectivity index (χ4n) is 2.94. The highest BCUT2D eigenvalue weighted by molar-refractivity contribution is 5.25. The van der Waals surface area contributed by atoms with E-state index in [1.54, 1.807) is 6.20 Å². The summed E-state index contributed by atoms with van der Waals surface area (Å²) < 4.78 is 5.47.